The van der Waals surface area contributed by atoms with E-state index in [0.717, 1.165) is 12.0 Å². The van der Waals surface area contributed by atoms with Gasteiger partial charge in [0.1, 0.15) is 5.75 Å². The summed E-state index contributed by atoms with van der Waals surface area (Å²) in [5, 5.41) is 1.20. The average Bonchev–Trinajstić information content (AvgIpc) is 3.26. The number of amides is 1. The minimum Gasteiger partial charge on any atom is -0.472 e. The van der Waals surface area contributed by atoms with Crippen LogP contribution in [0.4, 0.5) is 0 Å². The highest BCUT2D eigenvalue weighted by Gasteiger charge is 2.27. The Balaban J connectivity index is 1.76. The topological polar surface area (TPSA) is 42.4 Å². The number of thiazole rings is 1. The van der Waals surface area contributed by atoms with Gasteiger partial charge in [0.25, 0.3) is 5.91 Å². The number of carbonyl (C=O) groups is 1. The molecule has 1 aliphatic carbocycles. The molecule has 2 heterocycles. The van der Waals surface area contributed by atoms with E-state index in [4.69, 9.17) is 9.72 Å². The second-order valence-electron chi connectivity index (χ2n) is 6.64. The molecule has 4 nitrogen and oxygen atoms in total. The van der Waals surface area contributed by atoms with Crippen molar-refractivity contribution in [3.05, 3.63) is 34.5 Å². The molecule has 0 radical (unpaired) electrons. The summed E-state index contributed by atoms with van der Waals surface area (Å²) in [6.45, 7) is 2.47. The van der Waals surface area contributed by atoms with Crippen LogP contribution in [0.2, 0.25) is 0 Å². The van der Waals surface area contributed by atoms with Crippen molar-refractivity contribution in [1.29, 1.82) is 0 Å². The minimum absolute atomic E-state index is 0.0253. The highest BCUT2D eigenvalue weighted by atomic mass is 32.1. The summed E-state index contributed by atoms with van der Waals surface area (Å²) < 4.78 is 5.76. The summed E-state index contributed by atoms with van der Waals surface area (Å²) >= 11 is 1.79. The molecule has 0 unspecified atom stereocenters. The van der Waals surface area contributed by atoms with E-state index in [-0.39, 0.29) is 5.91 Å². The third-order valence-electron chi connectivity index (χ3n) is 4.98. The maximum atomic E-state index is 12.2. The number of rotatable bonds is 3. The standard InChI is InChI=1S/C19H22N2O2S/c1-3-16-20-17(12-6-4-5-7-12)18(24-16)13-8-9-14-15(10-13)23-11-21(2)19(14)22/h8-10,12H,3-7,11H2,1-2H3. The zero-order valence-corrected chi connectivity index (χ0v) is 15.0. The molecule has 1 fully saturated rings. The first-order valence-corrected chi connectivity index (χ1v) is 9.51. The maximum absolute atomic E-state index is 12.2. The molecule has 0 bridgehead atoms. The average molecular weight is 342 g/mol. The van der Waals surface area contributed by atoms with E-state index in [0.29, 0.717) is 24.0 Å². The Bertz CT molecular complexity index is 778. The van der Waals surface area contributed by atoms with Crippen LogP contribution >= 0.6 is 11.3 Å². The SMILES string of the molecule is CCc1nc(C2CCCC2)c(-c2ccc3c(c2)OCN(C)C3=O)s1. The van der Waals surface area contributed by atoms with Crippen LogP contribution in [0.5, 0.6) is 5.75 Å². The lowest BCUT2D eigenvalue weighted by molar-refractivity contribution is 0.0595. The van der Waals surface area contributed by atoms with E-state index >= 15 is 0 Å². The van der Waals surface area contributed by atoms with Crippen molar-refractivity contribution in [2.24, 2.45) is 0 Å². The fourth-order valence-electron chi connectivity index (χ4n) is 3.60. The number of benzene rings is 1. The molecule has 24 heavy (non-hydrogen) atoms. The van der Waals surface area contributed by atoms with E-state index in [1.807, 2.05) is 18.2 Å². The normalized spacial score (nSPS) is 17.9. The van der Waals surface area contributed by atoms with Crippen LogP contribution in [0.25, 0.3) is 10.4 Å². The summed E-state index contributed by atoms with van der Waals surface area (Å²) in [6.07, 6.45) is 6.05. The smallest absolute Gasteiger partial charge is 0.259 e. The van der Waals surface area contributed by atoms with Crippen LogP contribution in [-0.2, 0) is 6.42 Å². The van der Waals surface area contributed by atoms with Gasteiger partial charge in [0.15, 0.2) is 6.73 Å². The monoisotopic (exact) mass is 342 g/mol. The van der Waals surface area contributed by atoms with Gasteiger partial charge >= 0.3 is 0 Å². The highest BCUT2D eigenvalue weighted by Crippen LogP contribution is 2.43. The Morgan fingerprint density at radius 1 is 1.33 bits per heavy atom. The number of aryl methyl sites for hydroxylation is 1. The zero-order chi connectivity index (χ0) is 16.7. The molecule has 1 aromatic heterocycles. The molecule has 0 N–H and O–H groups in total. The molecule has 4 rings (SSSR count). The molecule has 5 heteroatoms. The number of nitrogens with zero attached hydrogens (tertiary/aromatic N) is 2. The van der Waals surface area contributed by atoms with E-state index in [2.05, 4.69) is 6.92 Å². The van der Waals surface area contributed by atoms with Gasteiger partial charge in [0, 0.05) is 13.0 Å². The third-order valence-corrected chi connectivity index (χ3v) is 6.24. The van der Waals surface area contributed by atoms with Crippen LogP contribution in [0, 0.1) is 0 Å². The van der Waals surface area contributed by atoms with Crippen molar-refractivity contribution in [2.45, 2.75) is 44.9 Å². The molecule has 2 aliphatic rings. The number of hydrogen-bond acceptors (Lipinski definition) is 4. The first kappa shape index (κ1) is 15.6. The maximum Gasteiger partial charge on any atom is 0.259 e. The van der Waals surface area contributed by atoms with Crippen molar-refractivity contribution >= 4 is 17.2 Å². The Morgan fingerprint density at radius 2 is 2.12 bits per heavy atom. The summed E-state index contributed by atoms with van der Waals surface area (Å²) in [4.78, 5) is 20.0. The molecule has 1 saturated carbocycles. The lowest BCUT2D eigenvalue weighted by Gasteiger charge is -2.25. The summed E-state index contributed by atoms with van der Waals surface area (Å²) in [6, 6.07) is 5.96. The van der Waals surface area contributed by atoms with Crippen molar-refractivity contribution < 1.29 is 9.53 Å². The summed E-state index contributed by atoms with van der Waals surface area (Å²) in [5.74, 6) is 1.30. The first-order valence-electron chi connectivity index (χ1n) is 8.69. The second-order valence-corrected chi connectivity index (χ2v) is 7.73. The number of hydrogen-bond donors (Lipinski definition) is 0. The van der Waals surface area contributed by atoms with Crippen molar-refractivity contribution in [3.8, 4) is 16.2 Å². The van der Waals surface area contributed by atoms with Crippen LogP contribution < -0.4 is 4.74 Å². The Morgan fingerprint density at radius 3 is 2.88 bits per heavy atom. The van der Waals surface area contributed by atoms with E-state index in [1.165, 1.54) is 41.3 Å². The highest BCUT2D eigenvalue weighted by molar-refractivity contribution is 7.15. The van der Waals surface area contributed by atoms with Gasteiger partial charge in [-0.3, -0.25) is 4.79 Å². The molecule has 1 aromatic carbocycles. The van der Waals surface area contributed by atoms with Crippen LogP contribution in [0.3, 0.4) is 0 Å². The van der Waals surface area contributed by atoms with Crippen LogP contribution in [0.15, 0.2) is 18.2 Å². The minimum atomic E-state index is 0.0253. The fraction of sp³-hybridized carbons (Fsp3) is 0.474. The molecule has 1 amide bonds. The van der Waals surface area contributed by atoms with Gasteiger partial charge in [-0.2, -0.15) is 0 Å². The predicted octanol–water partition coefficient (Wildman–Crippen LogP) is 4.45. The summed E-state index contributed by atoms with van der Waals surface area (Å²) in [7, 11) is 1.76. The van der Waals surface area contributed by atoms with Crippen molar-refractivity contribution in [3.63, 3.8) is 0 Å². The first-order chi connectivity index (χ1) is 11.7. The second kappa shape index (κ2) is 6.20. The molecular weight excluding hydrogens is 320 g/mol. The van der Waals surface area contributed by atoms with Gasteiger partial charge in [-0.25, -0.2) is 4.98 Å². The Labute approximate surface area is 146 Å². The van der Waals surface area contributed by atoms with Gasteiger partial charge in [-0.15, -0.1) is 11.3 Å². The molecule has 0 atom stereocenters. The lowest BCUT2D eigenvalue weighted by atomic mass is 9.99. The van der Waals surface area contributed by atoms with E-state index < -0.39 is 0 Å². The van der Waals surface area contributed by atoms with E-state index in [9.17, 15) is 4.79 Å². The largest absolute Gasteiger partial charge is 0.472 e. The number of aromatic nitrogens is 1. The third kappa shape index (κ3) is 2.61. The Kier molecular flexibility index (Phi) is 4.04. The number of fused-ring (bicyclic) bond motifs is 1. The fourth-order valence-corrected chi connectivity index (χ4v) is 4.69. The zero-order valence-electron chi connectivity index (χ0n) is 14.2. The van der Waals surface area contributed by atoms with Gasteiger partial charge in [0.2, 0.25) is 0 Å². The predicted molar refractivity (Wildman–Crippen MR) is 95.7 cm³/mol. The number of ether oxygens (including phenoxy) is 1. The quantitative estimate of drug-likeness (QED) is 0.827. The van der Waals surface area contributed by atoms with Crippen molar-refractivity contribution in [1.82, 2.24) is 9.88 Å². The molecule has 0 saturated heterocycles. The molecule has 0 spiro atoms. The van der Waals surface area contributed by atoms with Gasteiger partial charge in [-0.1, -0.05) is 25.8 Å². The lowest BCUT2D eigenvalue weighted by Crippen LogP contribution is -2.35. The van der Waals surface area contributed by atoms with Gasteiger partial charge in [0.05, 0.1) is 21.1 Å². The van der Waals surface area contributed by atoms with Crippen LogP contribution in [-0.4, -0.2) is 29.6 Å². The van der Waals surface area contributed by atoms with Gasteiger partial charge in [-0.05, 0) is 37.0 Å². The van der Waals surface area contributed by atoms with Crippen molar-refractivity contribution in [2.75, 3.05) is 13.8 Å². The number of carbonyl (C=O) groups excluding carboxylic acids is 1. The van der Waals surface area contributed by atoms with E-state index in [1.54, 1.807) is 23.3 Å². The summed E-state index contributed by atoms with van der Waals surface area (Å²) in [5.41, 5.74) is 3.04. The van der Waals surface area contributed by atoms with Crippen LogP contribution in [0.1, 0.15) is 59.6 Å². The van der Waals surface area contributed by atoms with Gasteiger partial charge < -0.3 is 9.64 Å². The molecular formula is C19H22N2O2S. The molecule has 2 aromatic rings. The molecule has 126 valence electrons. The Hall–Kier alpha value is -1.88. The molecule has 1 aliphatic heterocycles.